The lowest BCUT2D eigenvalue weighted by atomic mass is 10.1. The first-order valence-corrected chi connectivity index (χ1v) is 6.12. The van der Waals surface area contributed by atoms with Crippen LogP contribution in [0.2, 0.25) is 0 Å². The zero-order valence-corrected chi connectivity index (χ0v) is 11.8. The van der Waals surface area contributed by atoms with E-state index in [-0.39, 0.29) is 12.0 Å². The van der Waals surface area contributed by atoms with Crippen LogP contribution in [0.1, 0.15) is 5.56 Å². The minimum atomic E-state index is -0.680. The molecular weight excluding hydrogens is 281 g/mol. The number of halogens is 1. The van der Waals surface area contributed by atoms with Crippen molar-refractivity contribution in [3.05, 3.63) is 35.6 Å². The van der Waals surface area contributed by atoms with Gasteiger partial charge >= 0.3 is 11.9 Å². The lowest BCUT2D eigenvalue weighted by Crippen LogP contribution is -2.41. The summed E-state index contributed by atoms with van der Waals surface area (Å²) in [6.07, 6.45) is -0.263. The fourth-order valence-corrected chi connectivity index (χ4v) is 1.59. The van der Waals surface area contributed by atoms with Crippen LogP contribution in [-0.4, -0.2) is 50.1 Å². The van der Waals surface area contributed by atoms with Crippen LogP contribution in [0.25, 0.3) is 0 Å². The van der Waals surface area contributed by atoms with Crippen molar-refractivity contribution in [3.8, 4) is 0 Å². The summed E-state index contributed by atoms with van der Waals surface area (Å²) < 4.78 is 22.4. The maximum atomic E-state index is 13.5. The molecule has 0 aliphatic rings. The van der Waals surface area contributed by atoms with Gasteiger partial charge in [-0.25, -0.2) is 4.39 Å². The fourth-order valence-electron chi connectivity index (χ4n) is 1.59. The van der Waals surface area contributed by atoms with Crippen molar-refractivity contribution >= 4 is 17.8 Å². The zero-order chi connectivity index (χ0) is 15.8. The second-order valence-electron chi connectivity index (χ2n) is 4.17. The van der Waals surface area contributed by atoms with Crippen LogP contribution in [0.4, 0.5) is 4.39 Å². The van der Waals surface area contributed by atoms with Crippen LogP contribution < -0.4 is 0 Å². The maximum Gasteiger partial charge on any atom is 0.325 e. The average Bonchev–Trinajstić information content (AvgIpc) is 2.48. The number of hydrogen-bond acceptors (Lipinski definition) is 5. The number of carbonyl (C=O) groups is 3. The van der Waals surface area contributed by atoms with Gasteiger partial charge in [-0.05, 0) is 11.6 Å². The van der Waals surface area contributed by atoms with E-state index in [2.05, 4.69) is 9.47 Å². The summed E-state index contributed by atoms with van der Waals surface area (Å²) in [6.45, 7) is -0.808. The summed E-state index contributed by atoms with van der Waals surface area (Å²) in [5, 5.41) is 0. The zero-order valence-electron chi connectivity index (χ0n) is 11.8. The van der Waals surface area contributed by atoms with Gasteiger partial charge in [0, 0.05) is 0 Å². The standard InChI is InChI=1S/C14H16FNO5/c1-20-13(18)8-16(9-14(19)21-2)12(17)7-10-5-3-4-6-11(10)15/h3-6H,7-9H2,1-2H3. The molecule has 0 heterocycles. The number of rotatable bonds is 6. The van der Waals surface area contributed by atoms with Crippen molar-refractivity contribution < 1.29 is 28.2 Å². The lowest BCUT2D eigenvalue weighted by molar-refractivity contribution is -0.151. The Morgan fingerprint density at radius 2 is 1.57 bits per heavy atom. The molecule has 0 aliphatic heterocycles. The molecule has 1 aromatic carbocycles. The second-order valence-corrected chi connectivity index (χ2v) is 4.17. The third-order valence-corrected chi connectivity index (χ3v) is 2.75. The number of methoxy groups -OCH3 is 2. The van der Waals surface area contributed by atoms with Crippen LogP contribution in [0.5, 0.6) is 0 Å². The Morgan fingerprint density at radius 3 is 2.05 bits per heavy atom. The molecule has 0 unspecified atom stereocenters. The summed E-state index contributed by atoms with van der Waals surface area (Å²) in [4.78, 5) is 35.6. The third-order valence-electron chi connectivity index (χ3n) is 2.75. The van der Waals surface area contributed by atoms with Crippen molar-refractivity contribution in [3.63, 3.8) is 0 Å². The van der Waals surface area contributed by atoms with Crippen molar-refractivity contribution in [2.24, 2.45) is 0 Å². The third kappa shape index (κ3) is 5.21. The van der Waals surface area contributed by atoms with Crippen LogP contribution in [-0.2, 0) is 30.3 Å². The maximum absolute atomic E-state index is 13.5. The van der Waals surface area contributed by atoms with Crippen LogP contribution in [0, 0.1) is 5.82 Å². The van der Waals surface area contributed by atoms with E-state index in [0.29, 0.717) is 0 Å². The molecule has 6 nitrogen and oxygen atoms in total. The average molecular weight is 297 g/mol. The highest BCUT2D eigenvalue weighted by molar-refractivity contribution is 5.87. The van der Waals surface area contributed by atoms with Gasteiger partial charge in [-0.3, -0.25) is 14.4 Å². The second kappa shape index (κ2) is 7.98. The Morgan fingerprint density at radius 1 is 1.05 bits per heavy atom. The van der Waals surface area contributed by atoms with Gasteiger partial charge in [-0.2, -0.15) is 0 Å². The van der Waals surface area contributed by atoms with Gasteiger partial charge < -0.3 is 14.4 Å². The Labute approximate surface area is 121 Å². The molecule has 21 heavy (non-hydrogen) atoms. The predicted molar refractivity (Wildman–Crippen MR) is 70.7 cm³/mol. The Kier molecular flexibility index (Phi) is 6.32. The quantitative estimate of drug-likeness (QED) is 0.717. The minimum Gasteiger partial charge on any atom is -0.468 e. The summed E-state index contributed by atoms with van der Waals surface area (Å²) in [6, 6.07) is 5.79. The highest BCUT2D eigenvalue weighted by Crippen LogP contribution is 2.09. The number of carbonyl (C=O) groups excluding carboxylic acids is 3. The Hall–Kier alpha value is -2.44. The first-order valence-electron chi connectivity index (χ1n) is 6.12. The number of nitrogens with zero attached hydrogens (tertiary/aromatic N) is 1. The molecule has 0 atom stereocenters. The van der Waals surface area contributed by atoms with E-state index in [4.69, 9.17) is 0 Å². The van der Waals surface area contributed by atoms with Crippen molar-refractivity contribution in [2.45, 2.75) is 6.42 Å². The topological polar surface area (TPSA) is 72.9 Å². The van der Waals surface area contributed by atoms with E-state index >= 15 is 0 Å². The molecular formula is C14H16FNO5. The number of ether oxygens (including phenoxy) is 2. The smallest absolute Gasteiger partial charge is 0.325 e. The van der Waals surface area contributed by atoms with E-state index in [1.165, 1.54) is 32.4 Å². The molecule has 0 saturated carbocycles. The normalized spacial score (nSPS) is 9.86. The number of benzene rings is 1. The molecule has 114 valence electrons. The SMILES string of the molecule is COC(=O)CN(CC(=O)OC)C(=O)Cc1ccccc1F. The molecule has 0 fully saturated rings. The van der Waals surface area contributed by atoms with Crippen molar-refractivity contribution in [2.75, 3.05) is 27.3 Å². The van der Waals surface area contributed by atoms with E-state index in [1.807, 2.05) is 0 Å². The minimum absolute atomic E-state index is 0.183. The highest BCUT2D eigenvalue weighted by Gasteiger charge is 2.22. The number of hydrogen-bond donors (Lipinski definition) is 0. The predicted octanol–water partition coefficient (Wildman–Crippen LogP) is 0.543. The molecule has 1 rings (SSSR count). The molecule has 0 N–H and O–H groups in total. The van der Waals surface area contributed by atoms with Gasteiger partial charge in [0.2, 0.25) is 5.91 Å². The molecule has 0 aromatic heterocycles. The van der Waals surface area contributed by atoms with Gasteiger partial charge in [0.05, 0.1) is 20.6 Å². The number of amides is 1. The molecule has 1 amide bonds. The first kappa shape index (κ1) is 16.6. The molecule has 7 heteroatoms. The van der Waals surface area contributed by atoms with Gasteiger partial charge in [0.15, 0.2) is 0 Å². The molecule has 0 spiro atoms. The molecule has 0 aliphatic carbocycles. The fraction of sp³-hybridized carbons (Fsp3) is 0.357. The molecule has 0 bridgehead atoms. The highest BCUT2D eigenvalue weighted by atomic mass is 19.1. The lowest BCUT2D eigenvalue weighted by Gasteiger charge is -2.20. The Bertz CT molecular complexity index is 514. The van der Waals surface area contributed by atoms with E-state index in [0.717, 1.165) is 4.90 Å². The van der Waals surface area contributed by atoms with E-state index in [9.17, 15) is 18.8 Å². The van der Waals surface area contributed by atoms with Gasteiger partial charge in [-0.1, -0.05) is 18.2 Å². The molecule has 0 saturated heterocycles. The van der Waals surface area contributed by atoms with E-state index < -0.39 is 36.8 Å². The van der Waals surface area contributed by atoms with Crippen LogP contribution >= 0.6 is 0 Å². The van der Waals surface area contributed by atoms with Gasteiger partial charge in [0.1, 0.15) is 18.9 Å². The van der Waals surface area contributed by atoms with Gasteiger partial charge in [-0.15, -0.1) is 0 Å². The molecule has 1 aromatic rings. The molecule has 0 radical (unpaired) electrons. The number of esters is 2. The van der Waals surface area contributed by atoms with Crippen LogP contribution in [0.3, 0.4) is 0 Å². The Balaban J connectivity index is 2.81. The summed E-state index contributed by atoms with van der Waals surface area (Å²) >= 11 is 0. The summed E-state index contributed by atoms with van der Waals surface area (Å²) in [7, 11) is 2.33. The summed E-state index contributed by atoms with van der Waals surface area (Å²) in [5.74, 6) is -2.46. The van der Waals surface area contributed by atoms with E-state index in [1.54, 1.807) is 6.07 Å². The first-order chi connectivity index (χ1) is 9.97. The largest absolute Gasteiger partial charge is 0.468 e. The van der Waals surface area contributed by atoms with Gasteiger partial charge in [0.25, 0.3) is 0 Å². The summed E-state index contributed by atoms with van der Waals surface area (Å²) in [5.41, 5.74) is 0.183. The van der Waals surface area contributed by atoms with Crippen molar-refractivity contribution in [1.29, 1.82) is 0 Å². The van der Waals surface area contributed by atoms with Crippen LogP contribution in [0.15, 0.2) is 24.3 Å². The van der Waals surface area contributed by atoms with Crippen molar-refractivity contribution in [1.82, 2.24) is 4.90 Å². The monoisotopic (exact) mass is 297 g/mol.